The molecule has 1 N–H and O–H groups in total. The number of benzene rings is 1. The van der Waals surface area contributed by atoms with E-state index in [1.54, 1.807) is 0 Å². The molecule has 1 saturated heterocycles. The Kier molecular flexibility index (Phi) is 3.89. The van der Waals surface area contributed by atoms with Gasteiger partial charge in [0.05, 0.1) is 6.10 Å². The number of hydrogen-bond donors (Lipinski definition) is 1. The van der Waals surface area contributed by atoms with Crippen LogP contribution in [0.4, 0.5) is 0 Å². The SMILES string of the molecule is O[C@H]1CCN(CCCc2ccc3c(c2)OCCO3)C1. The molecule has 0 spiro atoms. The first-order valence-corrected chi connectivity index (χ1v) is 7.10. The predicted octanol–water partition coefficient (Wildman–Crippen LogP) is 1.46. The number of nitrogens with zero attached hydrogens (tertiary/aromatic N) is 1. The Morgan fingerprint density at radius 1 is 1.21 bits per heavy atom. The van der Waals surface area contributed by atoms with Gasteiger partial charge in [-0.2, -0.15) is 0 Å². The second kappa shape index (κ2) is 5.80. The average molecular weight is 263 g/mol. The van der Waals surface area contributed by atoms with Gasteiger partial charge < -0.3 is 19.5 Å². The van der Waals surface area contributed by atoms with Gasteiger partial charge in [0.15, 0.2) is 11.5 Å². The van der Waals surface area contributed by atoms with Crippen LogP contribution < -0.4 is 9.47 Å². The number of ether oxygens (including phenoxy) is 2. The number of aliphatic hydroxyl groups is 1. The van der Waals surface area contributed by atoms with Crippen molar-refractivity contribution in [3.8, 4) is 11.5 Å². The highest BCUT2D eigenvalue weighted by Gasteiger charge is 2.19. The van der Waals surface area contributed by atoms with E-state index in [2.05, 4.69) is 17.0 Å². The van der Waals surface area contributed by atoms with Crippen LogP contribution in [-0.2, 0) is 6.42 Å². The van der Waals surface area contributed by atoms with Gasteiger partial charge in [0.1, 0.15) is 13.2 Å². The van der Waals surface area contributed by atoms with E-state index in [1.165, 1.54) is 5.56 Å². The summed E-state index contributed by atoms with van der Waals surface area (Å²) in [4.78, 5) is 2.34. The van der Waals surface area contributed by atoms with E-state index in [0.717, 1.165) is 50.4 Å². The van der Waals surface area contributed by atoms with Crippen molar-refractivity contribution >= 4 is 0 Å². The van der Waals surface area contributed by atoms with Gasteiger partial charge in [-0.3, -0.25) is 0 Å². The molecule has 0 saturated carbocycles. The molecule has 4 nitrogen and oxygen atoms in total. The monoisotopic (exact) mass is 263 g/mol. The van der Waals surface area contributed by atoms with Crippen molar-refractivity contribution in [2.24, 2.45) is 0 Å². The average Bonchev–Trinajstić information content (AvgIpc) is 2.84. The number of aliphatic hydroxyl groups excluding tert-OH is 1. The van der Waals surface area contributed by atoms with Crippen molar-refractivity contribution in [3.05, 3.63) is 23.8 Å². The van der Waals surface area contributed by atoms with E-state index < -0.39 is 0 Å². The highest BCUT2D eigenvalue weighted by molar-refractivity contribution is 5.43. The van der Waals surface area contributed by atoms with Crippen molar-refractivity contribution in [2.45, 2.75) is 25.4 Å². The molecule has 0 amide bonds. The number of likely N-dealkylation sites (tertiary alicyclic amines) is 1. The minimum Gasteiger partial charge on any atom is -0.486 e. The van der Waals surface area contributed by atoms with Crippen molar-refractivity contribution in [1.82, 2.24) is 4.90 Å². The maximum atomic E-state index is 9.48. The third-order valence-corrected chi connectivity index (χ3v) is 3.79. The van der Waals surface area contributed by atoms with E-state index in [0.29, 0.717) is 13.2 Å². The largest absolute Gasteiger partial charge is 0.486 e. The quantitative estimate of drug-likeness (QED) is 0.893. The van der Waals surface area contributed by atoms with E-state index in [9.17, 15) is 5.11 Å². The molecule has 2 heterocycles. The molecule has 0 aromatic heterocycles. The second-order valence-corrected chi connectivity index (χ2v) is 5.32. The van der Waals surface area contributed by atoms with Gasteiger partial charge in [-0.1, -0.05) is 6.07 Å². The van der Waals surface area contributed by atoms with Gasteiger partial charge in [0.25, 0.3) is 0 Å². The van der Waals surface area contributed by atoms with Crippen LogP contribution in [0.5, 0.6) is 11.5 Å². The van der Waals surface area contributed by atoms with E-state index in [-0.39, 0.29) is 6.10 Å². The van der Waals surface area contributed by atoms with E-state index >= 15 is 0 Å². The lowest BCUT2D eigenvalue weighted by molar-refractivity contribution is 0.171. The topological polar surface area (TPSA) is 41.9 Å². The molecule has 1 fully saturated rings. The molecular weight excluding hydrogens is 242 g/mol. The Labute approximate surface area is 113 Å². The molecule has 19 heavy (non-hydrogen) atoms. The Bertz CT molecular complexity index is 435. The highest BCUT2D eigenvalue weighted by Crippen LogP contribution is 2.31. The summed E-state index contributed by atoms with van der Waals surface area (Å²) in [6.07, 6.45) is 2.97. The molecule has 3 rings (SSSR count). The van der Waals surface area contributed by atoms with Gasteiger partial charge in [-0.05, 0) is 43.5 Å². The van der Waals surface area contributed by atoms with Crippen molar-refractivity contribution in [1.29, 1.82) is 0 Å². The number of hydrogen-bond acceptors (Lipinski definition) is 4. The molecule has 1 aromatic rings. The molecular formula is C15H21NO3. The molecule has 0 bridgehead atoms. The Morgan fingerprint density at radius 2 is 2.05 bits per heavy atom. The maximum absolute atomic E-state index is 9.48. The molecule has 1 aromatic carbocycles. The molecule has 4 heteroatoms. The summed E-state index contributed by atoms with van der Waals surface area (Å²) >= 11 is 0. The van der Waals surface area contributed by atoms with Crippen LogP contribution in [0.1, 0.15) is 18.4 Å². The standard InChI is InChI=1S/C15H21NO3/c17-13-5-7-16(11-13)6-1-2-12-3-4-14-15(10-12)19-9-8-18-14/h3-4,10,13,17H,1-2,5-9,11H2/t13-/m0/s1. The fourth-order valence-electron chi connectivity index (χ4n) is 2.77. The van der Waals surface area contributed by atoms with Gasteiger partial charge in [0, 0.05) is 13.1 Å². The molecule has 2 aliphatic rings. The predicted molar refractivity (Wildman–Crippen MR) is 72.8 cm³/mol. The molecule has 2 aliphatic heterocycles. The van der Waals surface area contributed by atoms with Crippen molar-refractivity contribution < 1.29 is 14.6 Å². The normalized spacial score (nSPS) is 22.7. The van der Waals surface area contributed by atoms with Crippen LogP contribution in [0.2, 0.25) is 0 Å². The summed E-state index contributed by atoms with van der Waals surface area (Å²) in [6, 6.07) is 6.21. The first kappa shape index (κ1) is 12.8. The molecule has 0 aliphatic carbocycles. The van der Waals surface area contributed by atoms with Crippen LogP contribution >= 0.6 is 0 Å². The smallest absolute Gasteiger partial charge is 0.161 e. The van der Waals surface area contributed by atoms with Crippen molar-refractivity contribution in [2.75, 3.05) is 32.8 Å². The Hall–Kier alpha value is -1.26. The van der Waals surface area contributed by atoms with Crippen LogP contribution in [-0.4, -0.2) is 49.0 Å². The maximum Gasteiger partial charge on any atom is 0.161 e. The van der Waals surface area contributed by atoms with Crippen LogP contribution in [0.3, 0.4) is 0 Å². The molecule has 0 radical (unpaired) electrons. The Morgan fingerprint density at radius 3 is 2.84 bits per heavy atom. The van der Waals surface area contributed by atoms with Crippen molar-refractivity contribution in [3.63, 3.8) is 0 Å². The highest BCUT2D eigenvalue weighted by atomic mass is 16.6. The van der Waals surface area contributed by atoms with E-state index in [1.807, 2.05) is 6.07 Å². The first-order chi connectivity index (χ1) is 9.31. The first-order valence-electron chi connectivity index (χ1n) is 7.10. The summed E-state index contributed by atoms with van der Waals surface area (Å²) in [5.74, 6) is 1.73. The number of β-amino-alcohol motifs (C(OH)–C–C–N with tert-alkyl or cyclic N) is 1. The van der Waals surface area contributed by atoms with Crippen LogP contribution in [0.15, 0.2) is 18.2 Å². The van der Waals surface area contributed by atoms with Gasteiger partial charge in [-0.25, -0.2) is 0 Å². The third-order valence-electron chi connectivity index (χ3n) is 3.79. The lowest BCUT2D eigenvalue weighted by Crippen LogP contribution is -2.23. The lowest BCUT2D eigenvalue weighted by Gasteiger charge is -2.19. The third kappa shape index (κ3) is 3.19. The number of fused-ring (bicyclic) bond motifs is 1. The lowest BCUT2D eigenvalue weighted by atomic mass is 10.1. The zero-order valence-corrected chi connectivity index (χ0v) is 11.2. The number of rotatable bonds is 4. The fraction of sp³-hybridized carbons (Fsp3) is 0.600. The summed E-state index contributed by atoms with van der Waals surface area (Å²) in [5, 5.41) is 9.48. The fourth-order valence-corrected chi connectivity index (χ4v) is 2.77. The Balaban J connectivity index is 1.50. The van der Waals surface area contributed by atoms with Gasteiger partial charge in [0.2, 0.25) is 0 Å². The number of aryl methyl sites for hydroxylation is 1. The van der Waals surface area contributed by atoms with E-state index in [4.69, 9.17) is 9.47 Å². The molecule has 1 atom stereocenters. The van der Waals surface area contributed by atoms with Crippen LogP contribution in [0.25, 0.3) is 0 Å². The summed E-state index contributed by atoms with van der Waals surface area (Å²) in [6.45, 7) is 4.21. The molecule has 104 valence electrons. The van der Waals surface area contributed by atoms with Crippen LogP contribution in [0, 0.1) is 0 Å². The minimum atomic E-state index is -0.116. The summed E-state index contributed by atoms with van der Waals surface area (Å²) in [7, 11) is 0. The van der Waals surface area contributed by atoms with Gasteiger partial charge in [-0.15, -0.1) is 0 Å². The molecule has 0 unspecified atom stereocenters. The second-order valence-electron chi connectivity index (χ2n) is 5.32. The minimum absolute atomic E-state index is 0.116. The summed E-state index contributed by atoms with van der Waals surface area (Å²) in [5.41, 5.74) is 1.30. The zero-order valence-electron chi connectivity index (χ0n) is 11.2. The zero-order chi connectivity index (χ0) is 13.1. The summed E-state index contributed by atoms with van der Waals surface area (Å²) < 4.78 is 11.1. The van der Waals surface area contributed by atoms with Gasteiger partial charge >= 0.3 is 0 Å².